The smallest absolute Gasteiger partial charge is 0.469 e. The van der Waals surface area contributed by atoms with Crippen molar-refractivity contribution in [1.82, 2.24) is 9.97 Å². The molecule has 0 fully saturated rings. The van der Waals surface area contributed by atoms with Gasteiger partial charge in [0.25, 0.3) is 0 Å². The van der Waals surface area contributed by atoms with Crippen LogP contribution in [0, 0.1) is 0 Å². The van der Waals surface area contributed by atoms with E-state index in [0.29, 0.717) is 12.3 Å². The molecule has 2 rings (SSSR count). The van der Waals surface area contributed by atoms with Gasteiger partial charge in [0.2, 0.25) is 0 Å². The van der Waals surface area contributed by atoms with Crippen molar-refractivity contribution in [1.29, 1.82) is 0 Å². The van der Waals surface area contributed by atoms with Crippen LogP contribution >= 0.6 is 7.82 Å². The monoisotopic (exact) mass is 480 g/mol. The highest BCUT2D eigenvalue weighted by Gasteiger charge is 2.19. The minimum absolute atomic E-state index is 0.0869. The molecular formula is C24H37N2O6P. The zero-order valence-corrected chi connectivity index (χ0v) is 20.6. The third-order valence-corrected chi connectivity index (χ3v) is 5.68. The van der Waals surface area contributed by atoms with Gasteiger partial charge >= 0.3 is 13.8 Å². The maximum atomic E-state index is 10.9. The van der Waals surface area contributed by atoms with Crippen molar-refractivity contribution in [2.24, 2.45) is 0 Å². The Morgan fingerprint density at radius 1 is 0.970 bits per heavy atom. The average Bonchev–Trinajstić information content (AvgIpc) is 2.78. The van der Waals surface area contributed by atoms with E-state index in [4.69, 9.17) is 19.3 Å². The van der Waals surface area contributed by atoms with E-state index in [1.807, 2.05) is 24.3 Å². The van der Waals surface area contributed by atoms with Crippen LogP contribution in [-0.4, -0.2) is 39.1 Å². The van der Waals surface area contributed by atoms with Gasteiger partial charge in [0.1, 0.15) is 18.5 Å². The fourth-order valence-electron chi connectivity index (χ4n) is 3.38. The Hall–Kier alpha value is -1.99. The third-order valence-electron chi connectivity index (χ3n) is 5.04. The predicted molar refractivity (Wildman–Crippen MR) is 128 cm³/mol. The van der Waals surface area contributed by atoms with Crippen molar-refractivity contribution in [3.63, 3.8) is 0 Å². The number of rotatable bonds is 17. The van der Waals surface area contributed by atoms with Gasteiger partial charge < -0.3 is 19.3 Å². The van der Waals surface area contributed by atoms with Crippen LogP contribution in [0.4, 0.5) is 0 Å². The number of phosphoric acid groups is 1. The maximum absolute atomic E-state index is 10.9. The zero-order valence-electron chi connectivity index (χ0n) is 19.7. The summed E-state index contributed by atoms with van der Waals surface area (Å²) in [7, 11) is -4.56. The number of aromatic nitrogens is 2. The molecule has 1 aromatic heterocycles. The number of phosphoric ester groups is 1. The van der Waals surface area contributed by atoms with Crippen molar-refractivity contribution in [2.45, 2.75) is 77.7 Å². The molecule has 0 unspecified atom stereocenters. The topological polar surface area (TPSA) is 111 Å². The van der Waals surface area contributed by atoms with Crippen molar-refractivity contribution >= 4 is 7.82 Å². The number of hydrogen-bond acceptors (Lipinski definition) is 6. The summed E-state index contributed by atoms with van der Waals surface area (Å²) in [5.41, 5.74) is 1.53. The molecule has 1 heterocycles. The molecule has 0 aliphatic heterocycles. The van der Waals surface area contributed by atoms with Gasteiger partial charge in [-0.1, -0.05) is 70.4 Å². The second-order valence-electron chi connectivity index (χ2n) is 8.15. The van der Waals surface area contributed by atoms with E-state index in [1.54, 1.807) is 12.3 Å². The predicted octanol–water partition coefficient (Wildman–Crippen LogP) is 5.93. The quantitative estimate of drug-likeness (QED) is 0.212. The molecule has 184 valence electrons. The first-order valence-electron chi connectivity index (χ1n) is 11.8. The van der Waals surface area contributed by atoms with Gasteiger partial charge in [-0.3, -0.25) is 4.52 Å². The average molecular weight is 481 g/mol. The van der Waals surface area contributed by atoms with E-state index in [0.717, 1.165) is 17.7 Å². The summed E-state index contributed by atoms with van der Waals surface area (Å²) in [6.07, 6.45) is 12.3. The molecule has 0 aliphatic carbocycles. The standard InChI is InChI=1S/C24H37N2O6P/c1-3-4-5-6-7-8-9-10-11-17-30-22-14-12-13-21(18-22)23-15-16-25-24(26-23)31-19-20(2)32-33(27,28)29/h12-16,18,20H,3-11,17,19H2,1-2H3,(H2,27,28,29)/t20-/m1/s1. The third kappa shape index (κ3) is 12.2. The normalized spacial score (nSPS) is 12.5. The molecule has 0 bridgehead atoms. The van der Waals surface area contributed by atoms with E-state index in [-0.39, 0.29) is 12.6 Å². The lowest BCUT2D eigenvalue weighted by atomic mass is 10.1. The Morgan fingerprint density at radius 3 is 2.36 bits per heavy atom. The van der Waals surface area contributed by atoms with Crippen molar-refractivity contribution in [3.05, 3.63) is 36.5 Å². The van der Waals surface area contributed by atoms with Crippen LogP contribution in [0.15, 0.2) is 36.5 Å². The van der Waals surface area contributed by atoms with Crippen LogP contribution in [-0.2, 0) is 9.09 Å². The Bertz CT molecular complexity index is 860. The van der Waals surface area contributed by atoms with Crippen molar-refractivity contribution in [2.75, 3.05) is 13.2 Å². The summed E-state index contributed by atoms with van der Waals surface area (Å²) in [5.74, 6) is 0.789. The molecular weight excluding hydrogens is 443 g/mol. The lowest BCUT2D eigenvalue weighted by Gasteiger charge is -2.14. The molecule has 0 saturated carbocycles. The van der Waals surface area contributed by atoms with Gasteiger partial charge in [0.15, 0.2) is 0 Å². The van der Waals surface area contributed by atoms with E-state index in [9.17, 15) is 4.57 Å². The lowest BCUT2D eigenvalue weighted by Crippen LogP contribution is -2.17. The van der Waals surface area contributed by atoms with Gasteiger partial charge in [-0.15, -0.1) is 0 Å². The second kappa shape index (κ2) is 15.0. The largest absolute Gasteiger partial charge is 0.494 e. The summed E-state index contributed by atoms with van der Waals surface area (Å²) in [6, 6.07) is 9.57. The highest BCUT2D eigenvalue weighted by atomic mass is 31.2. The Balaban J connectivity index is 1.76. The van der Waals surface area contributed by atoms with Gasteiger partial charge in [-0.05, 0) is 31.5 Å². The van der Waals surface area contributed by atoms with Gasteiger partial charge in [0.05, 0.1) is 12.3 Å². The van der Waals surface area contributed by atoms with Gasteiger partial charge in [0, 0.05) is 11.8 Å². The lowest BCUT2D eigenvalue weighted by molar-refractivity contribution is 0.0973. The first-order valence-corrected chi connectivity index (χ1v) is 13.3. The fourth-order valence-corrected chi connectivity index (χ4v) is 3.91. The summed E-state index contributed by atoms with van der Waals surface area (Å²) in [6.45, 7) is 4.34. The van der Waals surface area contributed by atoms with E-state index in [1.165, 1.54) is 58.3 Å². The highest BCUT2D eigenvalue weighted by Crippen LogP contribution is 2.37. The summed E-state index contributed by atoms with van der Waals surface area (Å²) < 4.78 is 26.8. The summed E-state index contributed by atoms with van der Waals surface area (Å²) >= 11 is 0. The number of hydrogen-bond donors (Lipinski definition) is 2. The first kappa shape index (κ1) is 27.3. The van der Waals surface area contributed by atoms with Crippen LogP contribution in [0.25, 0.3) is 11.3 Å². The number of ether oxygens (including phenoxy) is 2. The molecule has 2 aromatic rings. The Morgan fingerprint density at radius 2 is 1.67 bits per heavy atom. The highest BCUT2D eigenvalue weighted by molar-refractivity contribution is 7.46. The number of unbranched alkanes of at least 4 members (excludes halogenated alkanes) is 8. The van der Waals surface area contributed by atoms with Gasteiger partial charge in [-0.25, -0.2) is 9.55 Å². The molecule has 33 heavy (non-hydrogen) atoms. The van der Waals surface area contributed by atoms with Gasteiger partial charge in [-0.2, -0.15) is 4.98 Å². The summed E-state index contributed by atoms with van der Waals surface area (Å²) in [4.78, 5) is 26.1. The molecule has 1 atom stereocenters. The molecule has 0 aliphatic rings. The second-order valence-corrected chi connectivity index (χ2v) is 9.34. The number of nitrogens with zero attached hydrogens (tertiary/aromatic N) is 2. The van der Waals surface area contributed by atoms with Crippen LogP contribution in [0.2, 0.25) is 0 Å². The molecule has 0 amide bonds. The van der Waals surface area contributed by atoms with Crippen LogP contribution in [0.3, 0.4) is 0 Å². The molecule has 0 saturated heterocycles. The van der Waals surface area contributed by atoms with E-state index >= 15 is 0 Å². The maximum Gasteiger partial charge on any atom is 0.469 e. The molecule has 2 N–H and O–H groups in total. The first-order chi connectivity index (χ1) is 15.9. The molecule has 9 heteroatoms. The minimum Gasteiger partial charge on any atom is -0.494 e. The molecule has 1 aromatic carbocycles. The Labute approximate surface area is 197 Å². The SMILES string of the molecule is CCCCCCCCCCCOc1cccc(-c2ccnc(OC[C@@H](C)OP(=O)(O)O)n2)c1. The van der Waals surface area contributed by atoms with Crippen molar-refractivity contribution < 1.29 is 28.3 Å². The van der Waals surface area contributed by atoms with Crippen LogP contribution in [0.1, 0.15) is 71.6 Å². The van der Waals surface area contributed by atoms with Crippen LogP contribution < -0.4 is 9.47 Å². The molecule has 8 nitrogen and oxygen atoms in total. The Kier molecular flexibility index (Phi) is 12.4. The zero-order chi connectivity index (χ0) is 23.9. The number of benzene rings is 1. The molecule has 0 radical (unpaired) electrons. The fraction of sp³-hybridized carbons (Fsp3) is 0.583. The van der Waals surface area contributed by atoms with E-state index in [2.05, 4.69) is 21.4 Å². The summed E-state index contributed by atoms with van der Waals surface area (Å²) in [5, 5.41) is 0. The molecule has 0 spiro atoms. The minimum atomic E-state index is -4.56. The van der Waals surface area contributed by atoms with E-state index < -0.39 is 13.9 Å². The van der Waals surface area contributed by atoms with Crippen molar-refractivity contribution in [3.8, 4) is 23.0 Å². The van der Waals surface area contributed by atoms with Crippen LogP contribution in [0.5, 0.6) is 11.8 Å².